The smallest absolute Gasteiger partial charge is 0.132 e. The SMILES string of the molecule is Nc1nc(I)cc2ccccc12. The number of fused-ring (bicyclic) bond motifs is 1. The van der Waals surface area contributed by atoms with E-state index < -0.39 is 0 Å². The Balaban J connectivity index is 2.89. The highest BCUT2D eigenvalue weighted by molar-refractivity contribution is 14.1. The Morgan fingerprint density at radius 1 is 1.25 bits per heavy atom. The van der Waals surface area contributed by atoms with E-state index >= 15 is 0 Å². The van der Waals surface area contributed by atoms with Crippen molar-refractivity contribution in [2.45, 2.75) is 0 Å². The zero-order chi connectivity index (χ0) is 8.55. The quantitative estimate of drug-likeness (QED) is 0.589. The van der Waals surface area contributed by atoms with Crippen LogP contribution in [0.2, 0.25) is 0 Å². The molecule has 2 rings (SSSR count). The fourth-order valence-electron chi connectivity index (χ4n) is 1.19. The van der Waals surface area contributed by atoms with Gasteiger partial charge in [-0.25, -0.2) is 4.98 Å². The number of hydrogen-bond acceptors (Lipinski definition) is 2. The topological polar surface area (TPSA) is 38.9 Å². The molecule has 0 aliphatic rings. The third-order valence-electron chi connectivity index (χ3n) is 1.74. The lowest BCUT2D eigenvalue weighted by Crippen LogP contribution is -1.93. The molecule has 0 spiro atoms. The van der Waals surface area contributed by atoms with E-state index in [2.05, 4.69) is 27.6 Å². The van der Waals surface area contributed by atoms with Crippen LogP contribution in [0.4, 0.5) is 5.82 Å². The van der Waals surface area contributed by atoms with Crippen molar-refractivity contribution in [3.63, 3.8) is 0 Å². The van der Waals surface area contributed by atoms with Crippen LogP contribution in [-0.2, 0) is 0 Å². The Bertz CT molecular complexity index is 426. The standard InChI is InChI=1S/C9H7IN2/c10-8-5-6-3-1-2-4-7(6)9(11)12-8/h1-5H,(H2,11,12). The number of nitrogens with zero attached hydrogens (tertiary/aromatic N) is 1. The van der Waals surface area contributed by atoms with Gasteiger partial charge in [0.15, 0.2) is 0 Å². The van der Waals surface area contributed by atoms with Crippen molar-refractivity contribution in [1.29, 1.82) is 0 Å². The van der Waals surface area contributed by atoms with Gasteiger partial charge in [0, 0.05) is 5.39 Å². The van der Waals surface area contributed by atoms with E-state index in [4.69, 9.17) is 5.73 Å². The molecule has 0 aliphatic heterocycles. The van der Waals surface area contributed by atoms with E-state index in [9.17, 15) is 0 Å². The number of nitrogens with two attached hydrogens (primary N) is 1. The van der Waals surface area contributed by atoms with E-state index in [1.807, 2.05) is 30.3 Å². The Hall–Kier alpha value is -0.840. The number of aromatic nitrogens is 1. The first-order valence-electron chi connectivity index (χ1n) is 3.58. The molecule has 60 valence electrons. The fraction of sp³-hybridized carbons (Fsp3) is 0. The van der Waals surface area contributed by atoms with Crippen LogP contribution in [0.5, 0.6) is 0 Å². The minimum Gasteiger partial charge on any atom is -0.383 e. The number of pyridine rings is 1. The van der Waals surface area contributed by atoms with Gasteiger partial charge in [-0.05, 0) is 34.0 Å². The third kappa shape index (κ3) is 1.24. The summed E-state index contributed by atoms with van der Waals surface area (Å²) in [5, 5.41) is 2.17. The van der Waals surface area contributed by atoms with E-state index in [1.54, 1.807) is 0 Å². The molecule has 2 nitrogen and oxygen atoms in total. The summed E-state index contributed by atoms with van der Waals surface area (Å²) in [5.74, 6) is 0.609. The number of nitrogen functional groups attached to an aromatic ring is 1. The zero-order valence-electron chi connectivity index (χ0n) is 6.29. The summed E-state index contributed by atoms with van der Waals surface area (Å²) in [6.45, 7) is 0. The molecule has 0 amide bonds. The molecule has 0 aliphatic carbocycles. The summed E-state index contributed by atoms with van der Waals surface area (Å²) in [4.78, 5) is 4.17. The molecule has 0 atom stereocenters. The maximum atomic E-state index is 5.74. The van der Waals surface area contributed by atoms with Gasteiger partial charge >= 0.3 is 0 Å². The highest BCUT2D eigenvalue weighted by atomic mass is 127. The van der Waals surface area contributed by atoms with Crippen molar-refractivity contribution < 1.29 is 0 Å². The van der Waals surface area contributed by atoms with E-state index in [0.29, 0.717) is 5.82 Å². The third-order valence-corrected chi connectivity index (χ3v) is 2.29. The average molecular weight is 270 g/mol. The highest BCUT2D eigenvalue weighted by Crippen LogP contribution is 2.20. The van der Waals surface area contributed by atoms with Gasteiger partial charge in [-0.3, -0.25) is 0 Å². The number of benzene rings is 1. The monoisotopic (exact) mass is 270 g/mol. The van der Waals surface area contributed by atoms with Gasteiger partial charge in [-0.2, -0.15) is 0 Å². The largest absolute Gasteiger partial charge is 0.383 e. The van der Waals surface area contributed by atoms with Crippen molar-refractivity contribution in [2.75, 3.05) is 5.73 Å². The summed E-state index contributed by atoms with van der Waals surface area (Å²) < 4.78 is 0.934. The predicted octanol–water partition coefficient (Wildman–Crippen LogP) is 2.42. The van der Waals surface area contributed by atoms with Crippen LogP contribution >= 0.6 is 22.6 Å². The van der Waals surface area contributed by atoms with Crippen LogP contribution in [0, 0.1) is 3.70 Å². The van der Waals surface area contributed by atoms with E-state index in [-0.39, 0.29) is 0 Å². The van der Waals surface area contributed by atoms with Crippen molar-refractivity contribution in [3.05, 3.63) is 34.0 Å². The molecule has 1 aromatic carbocycles. The molecule has 12 heavy (non-hydrogen) atoms. The summed E-state index contributed by atoms with van der Waals surface area (Å²) in [6.07, 6.45) is 0. The second kappa shape index (κ2) is 2.90. The molecule has 0 radical (unpaired) electrons. The summed E-state index contributed by atoms with van der Waals surface area (Å²) in [6, 6.07) is 10.0. The van der Waals surface area contributed by atoms with Crippen molar-refractivity contribution in [3.8, 4) is 0 Å². The molecule has 0 saturated carbocycles. The van der Waals surface area contributed by atoms with Crippen molar-refractivity contribution in [2.24, 2.45) is 0 Å². The molecule has 0 bridgehead atoms. The summed E-state index contributed by atoms with van der Waals surface area (Å²) >= 11 is 2.16. The predicted molar refractivity (Wildman–Crippen MR) is 58.9 cm³/mol. The van der Waals surface area contributed by atoms with Gasteiger partial charge in [0.25, 0.3) is 0 Å². The number of rotatable bonds is 0. The Kier molecular flexibility index (Phi) is 1.88. The summed E-state index contributed by atoms with van der Waals surface area (Å²) in [7, 11) is 0. The molecular formula is C9H7IN2. The van der Waals surface area contributed by atoms with Crippen LogP contribution in [-0.4, -0.2) is 4.98 Å². The van der Waals surface area contributed by atoms with Crippen LogP contribution < -0.4 is 5.73 Å². The maximum Gasteiger partial charge on any atom is 0.132 e. The van der Waals surface area contributed by atoms with Crippen molar-refractivity contribution in [1.82, 2.24) is 4.98 Å². The van der Waals surface area contributed by atoms with Crippen LogP contribution in [0.25, 0.3) is 10.8 Å². The normalized spacial score (nSPS) is 10.4. The van der Waals surface area contributed by atoms with Gasteiger partial charge in [0.05, 0.1) is 0 Å². The van der Waals surface area contributed by atoms with E-state index in [0.717, 1.165) is 14.5 Å². The first-order valence-corrected chi connectivity index (χ1v) is 4.66. The van der Waals surface area contributed by atoms with Gasteiger partial charge in [0.2, 0.25) is 0 Å². The first-order chi connectivity index (χ1) is 5.77. The lowest BCUT2D eigenvalue weighted by molar-refractivity contribution is 1.31. The molecule has 0 fully saturated rings. The Morgan fingerprint density at radius 3 is 2.83 bits per heavy atom. The maximum absolute atomic E-state index is 5.74. The number of anilines is 1. The molecule has 1 aromatic heterocycles. The van der Waals surface area contributed by atoms with E-state index in [1.165, 1.54) is 0 Å². The van der Waals surface area contributed by atoms with Crippen molar-refractivity contribution >= 4 is 39.2 Å². The van der Waals surface area contributed by atoms with Gasteiger partial charge in [-0.1, -0.05) is 24.3 Å². The Labute approximate surface area is 83.9 Å². The molecular weight excluding hydrogens is 263 g/mol. The number of halogens is 1. The molecule has 3 heteroatoms. The highest BCUT2D eigenvalue weighted by Gasteiger charge is 1.98. The number of hydrogen-bond donors (Lipinski definition) is 1. The average Bonchev–Trinajstić information content (AvgIpc) is 2.04. The zero-order valence-corrected chi connectivity index (χ0v) is 8.45. The molecule has 0 unspecified atom stereocenters. The Morgan fingerprint density at radius 2 is 2.00 bits per heavy atom. The first kappa shape index (κ1) is 7.79. The second-order valence-electron chi connectivity index (χ2n) is 2.55. The van der Waals surface area contributed by atoms with Crippen LogP contribution in [0.15, 0.2) is 30.3 Å². The minimum atomic E-state index is 0.609. The van der Waals surface area contributed by atoms with Gasteiger partial charge in [-0.15, -0.1) is 0 Å². The molecule has 1 heterocycles. The van der Waals surface area contributed by atoms with Gasteiger partial charge in [0.1, 0.15) is 9.52 Å². The minimum absolute atomic E-state index is 0.609. The van der Waals surface area contributed by atoms with Crippen LogP contribution in [0.3, 0.4) is 0 Å². The van der Waals surface area contributed by atoms with Gasteiger partial charge < -0.3 is 5.73 Å². The lowest BCUT2D eigenvalue weighted by Gasteiger charge is -2.00. The fourth-order valence-corrected chi connectivity index (χ4v) is 1.79. The second-order valence-corrected chi connectivity index (χ2v) is 3.66. The molecule has 0 saturated heterocycles. The van der Waals surface area contributed by atoms with Crippen LogP contribution in [0.1, 0.15) is 0 Å². The summed E-state index contributed by atoms with van der Waals surface area (Å²) in [5.41, 5.74) is 5.74. The molecule has 2 N–H and O–H groups in total. The molecule has 2 aromatic rings. The lowest BCUT2D eigenvalue weighted by atomic mass is 10.2.